The van der Waals surface area contributed by atoms with Crippen molar-refractivity contribution >= 4 is 5.69 Å². The molecule has 0 saturated heterocycles. The first kappa shape index (κ1) is 12.5. The monoisotopic (exact) mass is 245 g/mol. The standard InChI is InChI=1S/C14H19N3O/c1-5-15(3)13-11(2)16(4)17(14(13)18)12-9-7-6-8-10-12/h6-10H,5H2,1-4H3. The van der Waals surface area contributed by atoms with Gasteiger partial charge in [-0.2, -0.15) is 0 Å². The van der Waals surface area contributed by atoms with Crippen LogP contribution in [-0.2, 0) is 7.05 Å². The van der Waals surface area contributed by atoms with Crippen molar-refractivity contribution in [3.8, 4) is 5.69 Å². The van der Waals surface area contributed by atoms with Crippen LogP contribution in [0.5, 0.6) is 0 Å². The highest BCUT2D eigenvalue weighted by Gasteiger charge is 2.17. The number of nitrogens with zero attached hydrogens (tertiary/aromatic N) is 3. The largest absolute Gasteiger partial charge is 0.369 e. The molecule has 1 aromatic heterocycles. The molecule has 2 rings (SSSR count). The van der Waals surface area contributed by atoms with Gasteiger partial charge >= 0.3 is 0 Å². The van der Waals surface area contributed by atoms with Crippen molar-refractivity contribution in [2.75, 3.05) is 18.5 Å². The summed E-state index contributed by atoms with van der Waals surface area (Å²) in [6.07, 6.45) is 0. The Hall–Kier alpha value is -1.97. The zero-order valence-corrected chi connectivity index (χ0v) is 11.3. The topological polar surface area (TPSA) is 30.2 Å². The van der Waals surface area contributed by atoms with E-state index in [-0.39, 0.29) is 5.56 Å². The lowest BCUT2D eigenvalue weighted by Crippen LogP contribution is -2.25. The zero-order valence-electron chi connectivity index (χ0n) is 11.3. The third-order valence-corrected chi connectivity index (χ3v) is 3.38. The molecule has 1 heterocycles. The SMILES string of the molecule is CCN(C)c1c(C)n(C)n(-c2ccccc2)c1=O. The summed E-state index contributed by atoms with van der Waals surface area (Å²) < 4.78 is 3.61. The first-order chi connectivity index (χ1) is 8.57. The summed E-state index contributed by atoms with van der Waals surface area (Å²) in [6.45, 7) is 4.83. The van der Waals surface area contributed by atoms with Crippen LogP contribution in [0.3, 0.4) is 0 Å². The Morgan fingerprint density at radius 3 is 2.39 bits per heavy atom. The zero-order chi connectivity index (χ0) is 13.3. The van der Waals surface area contributed by atoms with E-state index in [4.69, 9.17) is 0 Å². The number of aromatic nitrogens is 2. The number of para-hydroxylation sites is 1. The lowest BCUT2D eigenvalue weighted by atomic mass is 10.3. The van der Waals surface area contributed by atoms with E-state index in [1.54, 1.807) is 4.68 Å². The Kier molecular flexibility index (Phi) is 3.28. The average Bonchev–Trinajstić information content (AvgIpc) is 2.61. The van der Waals surface area contributed by atoms with Gasteiger partial charge in [0.1, 0.15) is 5.69 Å². The average molecular weight is 245 g/mol. The van der Waals surface area contributed by atoms with Gasteiger partial charge in [0.05, 0.1) is 11.4 Å². The third kappa shape index (κ3) is 1.83. The van der Waals surface area contributed by atoms with Gasteiger partial charge in [-0.05, 0) is 26.0 Å². The van der Waals surface area contributed by atoms with Gasteiger partial charge in [0.15, 0.2) is 0 Å². The molecule has 0 fully saturated rings. The van der Waals surface area contributed by atoms with Crippen LogP contribution >= 0.6 is 0 Å². The van der Waals surface area contributed by atoms with Crippen LogP contribution in [0, 0.1) is 6.92 Å². The van der Waals surface area contributed by atoms with Crippen molar-refractivity contribution in [2.45, 2.75) is 13.8 Å². The smallest absolute Gasteiger partial charge is 0.295 e. The molecule has 1 aromatic carbocycles. The van der Waals surface area contributed by atoms with E-state index in [2.05, 4.69) is 0 Å². The Labute approximate surface area is 107 Å². The van der Waals surface area contributed by atoms with Crippen LogP contribution in [0.2, 0.25) is 0 Å². The van der Waals surface area contributed by atoms with Gasteiger partial charge in [-0.15, -0.1) is 0 Å². The first-order valence-electron chi connectivity index (χ1n) is 6.13. The Morgan fingerprint density at radius 1 is 1.22 bits per heavy atom. The van der Waals surface area contributed by atoms with Crippen molar-refractivity contribution in [3.63, 3.8) is 0 Å². The molecule has 0 aliphatic carbocycles. The Bertz CT molecular complexity index is 595. The molecular formula is C14H19N3O. The number of benzene rings is 1. The van der Waals surface area contributed by atoms with Crippen LogP contribution in [0.1, 0.15) is 12.6 Å². The summed E-state index contributed by atoms with van der Waals surface area (Å²) in [5.74, 6) is 0. The van der Waals surface area contributed by atoms with Crippen LogP contribution in [0.4, 0.5) is 5.69 Å². The number of rotatable bonds is 3. The molecule has 0 aliphatic rings. The highest BCUT2D eigenvalue weighted by atomic mass is 16.1. The maximum absolute atomic E-state index is 12.5. The van der Waals surface area contributed by atoms with Crippen molar-refractivity contribution in [1.82, 2.24) is 9.36 Å². The molecule has 4 heteroatoms. The van der Waals surface area contributed by atoms with Gasteiger partial charge in [0.2, 0.25) is 0 Å². The second kappa shape index (κ2) is 4.72. The third-order valence-electron chi connectivity index (χ3n) is 3.38. The van der Waals surface area contributed by atoms with E-state index in [9.17, 15) is 4.79 Å². The van der Waals surface area contributed by atoms with Gasteiger partial charge in [-0.25, -0.2) is 4.68 Å². The number of anilines is 1. The van der Waals surface area contributed by atoms with Crippen molar-refractivity contribution in [2.24, 2.45) is 7.05 Å². The highest BCUT2D eigenvalue weighted by Crippen LogP contribution is 2.16. The number of hydrogen-bond acceptors (Lipinski definition) is 2. The van der Waals surface area contributed by atoms with Crippen LogP contribution < -0.4 is 10.5 Å². The van der Waals surface area contributed by atoms with Crippen molar-refractivity contribution in [3.05, 3.63) is 46.4 Å². The molecule has 18 heavy (non-hydrogen) atoms. The van der Waals surface area contributed by atoms with Gasteiger partial charge in [-0.3, -0.25) is 9.48 Å². The van der Waals surface area contributed by atoms with Gasteiger partial charge in [-0.1, -0.05) is 18.2 Å². The summed E-state index contributed by atoms with van der Waals surface area (Å²) in [7, 11) is 3.86. The van der Waals surface area contributed by atoms with E-state index >= 15 is 0 Å². The molecule has 0 atom stereocenters. The molecule has 4 nitrogen and oxygen atoms in total. The predicted octanol–water partition coefficient (Wildman–Crippen LogP) is 1.94. The van der Waals surface area contributed by atoms with E-state index < -0.39 is 0 Å². The summed E-state index contributed by atoms with van der Waals surface area (Å²) >= 11 is 0. The molecule has 96 valence electrons. The normalized spacial score (nSPS) is 10.7. The fourth-order valence-corrected chi connectivity index (χ4v) is 2.15. The molecule has 0 amide bonds. The minimum Gasteiger partial charge on any atom is -0.369 e. The predicted molar refractivity (Wildman–Crippen MR) is 74.7 cm³/mol. The molecular weight excluding hydrogens is 226 g/mol. The van der Waals surface area contributed by atoms with E-state index in [1.165, 1.54) is 0 Å². The molecule has 0 aliphatic heterocycles. The second-order valence-corrected chi connectivity index (χ2v) is 4.42. The van der Waals surface area contributed by atoms with Gasteiger partial charge < -0.3 is 4.90 Å². The second-order valence-electron chi connectivity index (χ2n) is 4.42. The lowest BCUT2D eigenvalue weighted by Gasteiger charge is -2.14. The molecule has 0 saturated carbocycles. The summed E-state index contributed by atoms with van der Waals surface area (Å²) in [5, 5.41) is 0. The quantitative estimate of drug-likeness (QED) is 0.827. The van der Waals surface area contributed by atoms with Crippen LogP contribution in [0.15, 0.2) is 35.1 Å². The van der Waals surface area contributed by atoms with E-state index in [0.29, 0.717) is 0 Å². The van der Waals surface area contributed by atoms with Crippen LogP contribution in [-0.4, -0.2) is 23.0 Å². The molecule has 0 bridgehead atoms. The van der Waals surface area contributed by atoms with Gasteiger partial charge in [0.25, 0.3) is 5.56 Å². The minimum absolute atomic E-state index is 0.0329. The lowest BCUT2D eigenvalue weighted by molar-refractivity contribution is 0.630. The fraction of sp³-hybridized carbons (Fsp3) is 0.357. The number of hydrogen-bond donors (Lipinski definition) is 0. The summed E-state index contributed by atoms with van der Waals surface area (Å²) in [4.78, 5) is 14.5. The maximum Gasteiger partial charge on any atom is 0.295 e. The molecule has 0 N–H and O–H groups in total. The summed E-state index contributed by atoms with van der Waals surface area (Å²) in [6, 6.07) is 9.71. The molecule has 0 unspecified atom stereocenters. The minimum atomic E-state index is 0.0329. The fourth-order valence-electron chi connectivity index (χ4n) is 2.15. The van der Waals surface area contributed by atoms with E-state index in [1.807, 2.05) is 67.9 Å². The highest BCUT2D eigenvalue weighted by molar-refractivity contribution is 5.50. The van der Waals surface area contributed by atoms with Gasteiger partial charge in [0, 0.05) is 20.6 Å². The van der Waals surface area contributed by atoms with Crippen LogP contribution in [0.25, 0.3) is 5.69 Å². The summed E-state index contributed by atoms with van der Waals surface area (Å²) in [5.41, 5.74) is 2.67. The molecule has 0 radical (unpaired) electrons. The molecule has 0 spiro atoms. The van der Waals surface area contributed by atoms with Crippen molar-refractivity contribution in [1.29, 1.82) is 0 Å². The molecule has 2 aromatic rings. The Morgan fingerprint density at radius 2 is 1.83 bits per heavy atom. The van der Waals surface area contributed by atoms with E-state index in [0.717, 1.165) is 23.6 Å². The first-order valence-corrected chi connectivity index (χ1v) is 6.13. The maximum atomic E-state index is 12.5. The van der Waals surface area contributed by atoms with Crippen molar-refractivity contribution < 1.29 is 0 Å². The Balaban J connectivity index is 2.68.